The highest BCUT2D eigenvalue weighted by atomic mass is 16.3. The summed E-state index contributed by atoms with van der Waals surface area (Å²) in [5, 5.41) is 6.10. The van der Waals surface area contributed by atoms with Gasteiger partial charge >= 0.3 is 0 Å². The van der Waals surface area contributed by atoms with E-state index in [1.165, 1.54) is 0 Å². The number of rotatable bonds is 7. The van der Waals surface area contributed by atoms with Crippen LogP contribution in [0.3, 0.4) is 0 Å². The van der Waals surface area contributed by atoms with Gasteiger partial charge in [-0.05, 0) is 24.6 Å². The number of hydrogen-bond acceptors (Lipinski definition) is 4. The second-order valence-corrected chi connectivity index (χ2v) is 4.43. The molecule has 0 atom stereocenters. The van der Waals surface area contributed by atoms with Crippen molar-refractivity contribution in [3.05, 3.63) is 48.2 Å². The molecule has 5 heteroatoms. The van der Waals surface area contributed by atoms with Gasteiger partial charge in [0.15, 0.2) is 0 Å². The van der Waals surface area contributed by atoms with Crippen LogP contribution in [-0.4, -0.2) is 24.0 Å². The van der Waals surface area contributed by atoms with Gasteiger partial charge in [0.1, 0.15) is 5.76 Å². The van der Waals surface area contributed by atoms with Gasteiger partial charge in [0.05, 0.1) is 17.5 Å². The number of amides is 1. The number of carbonyl (C=O) groups excluding carboxylic acids is 1. The van der Waals surface area contributed by atoms with E-state index in [1.807, 2.05) is 18.2 Å². The highest BCUT2D eigenvalue weighted by molar-refractivity contribution is 5.99. The maximum atomic E-state index is 12.1. The molecule has 2 aromatic rings. The lowest BCUT2D eigenvalue weighted by Crippen LogP contribution is -2.26. The monoisotopic (exact) mass is 273 g/mol. The third-order valence-electron chi connectivity index (χ3n) is 2.87. The van der Waals surface area contributed by atoms with Crippen molar-refractivity contribution in [3.8, 4) is 0 Å². The van der Waals surface area contributed by atoms with Crippen molar-refractivity contribution in [1.82, 2.24) is 10.3 Å². The van der Waals surface area contributed by atoms with Crippen LogP contribution < -0.4 is 10.6 Å². The topological polar surface area (TPSA) is 67.2 Å². The van der Waals surface area contributed by atoms with E-state index in [0.29, 0.717) is 18.5 Å². The van der Waals surface area contributed by atoms with E-state index in [1.54, 1.807) is 18.7 Å². The number of pyridine rings is 1. The van der Waals surface area contributed by atoms with E-state index >= 15 is 0 Å². The van der Waals surface area contributed by atoms with Crippen LogP contribution in [0.4, 0.5) is 5.69 Å². The predicted molar refractivity (Wildman–Crippen MR) is 77.8 cm³/mol. The molecule has 20 heavy (non-hydrogen) atoms. The van der Waals surface area contributed by atoms with Crippen LogP contribution >= 0.6 is 0 Å². The third-order valence-corrected chi connectivity index (χ3v) is 2.87. The molecule has 0 fully saturated rings. The number of nitrogens with one attached hydrogen (secondary N) is 2. The maximum absolute atomic E-state index is 12.1. The Hall–Kier alpha value is -2.30. The molecular formula is C15H19N3O2. The molecule has 0 unspecified atom stereocenters. The Morgan fingerprint density at radius 3 is 3.00 bits per heavy atom. The molecule has 2 aromatic heterocycles. The average Bonchev–Trinajstić information content (AvgIpc) is 2.98. The van der Waals surface area contributed by atoms with E-state index < -0.39 is 0 Å². The van der Waals surface area contributed by atoms with Crippen LogP contribution in [0.5, 0.6) is 0 Å². The number of furan rings is 1. The molecule has 0 aliphatic rings. The lowest BCUT2D eigenvalue weighted by Gasteiger charge is -2.10. The Balaban J connectivity index is 1.91. The molecule has 0 saturated carbocycles. The lowest BCUT2D eigenvalue weighted by molar-refractivity contribution is 0.0954. The molecule has 0 spiro atoms. The summed E-state index contributed by atoms with van der Waals surface area (Å²) >= 11 is 0. The predicted octanol–water partition coefficient (Wildman–Crippen LogP) is 2.47. The van der Waals surface area contributed by atoms with Crippen molar-refractivity contribution < 1.29 is 9.21 Å². The summed E-state index contributed by atoms with van der Waals surface area (Å²) in [6.45, 7) is 3.45. The van der Waals surface area contributed by atoms with Gasteiger partial charge in [-0.1, -0.05) is 6.92 Å². The highest BCUT2D eigenvalue weighted by Gasteiger charge is 2.10. The van der Waals surface area contributed by atoms with Crippen molar-refractivity contribution in [2.75, 3.05) is 18.4 Å². The van der Waals surface area contributed by atoms with E-state index in [9.17, 15) is 4.79 Å². The number of anilines is 1. The fourth-order valence-electron chi connectivity index (χ4n) is 1.84. The van der Waals surface area contributed by atoms with Gasteiger partial charge in [-0.15, -0.1) is 0 Å². The molecule has 2 heterocycles. The Bertz CT molecular complexity index is 538. The van der Waals surface area contributed by atoms with Crippen LogP contribution in [0.2, 0.25) is 0 Å². The van der Waals surface area contributed by atoms with E-state index in [-0.39, 0.29) is 5.91 Å². The third kappa shape index (κ3) is 3.85. The van der Waals surface area contributed by atoms with Crippen LogP contribution in [0, 0.1) is 0 Å². The maximum Gasteiger partial charge on any atom is 0.254 e. The largest absolute Gasteiger partial charge is 0.469 e. The van der Waals surface area contributed by atoms with Crippen molar-refractivity contribution in [2.24, 2.45) is 0 Å². The SMILES string of the molecule is CCCNc1ccncc1C(=O)NCCc1ccco1. The van der Waals surface area contributed by atoms with Crippen molar-refractivity contribution in [2.45, 2.75) is 19.8 Å². The van der Waals surface area contributed by atoms with Gasteiger partial charge in [-0.3, -0.25) is 9.78 Å². The molecule has 5 nitrogen and oxygen atoms in total. The summed E-state index contributed by atoms with van der Waals surface area (Å²) < 4.78 is 5.22. The zero-order valence-corrected chi connectivity index (χ0v) is 11.6. The summed E-state index contributed by atoms with van der Waals surface area (Å²) in [4.78, 5) is 16.1. The molecule has 0 radical (unpaired) electrons. The fourth-order valence-corrected chi connectivity index (χ4v) is 1.84. The second-order valence-electron chi connectivity index (χ2n) is 4.43. The molecule has 0 aromatic carbocycles. The van der Waals surface area contributed by atoms with Gasteiger partial charge in [-0.2, -0.15) is 0 Å². The minimum Gasteiger partial charge on any atom is -0.469 e. The first-order valence-electron chi connectivity index (χ1n) is 6.79. The lowest BCUT2D eigenvalue weighted by atomic mass is 10.2. The van der Waals surface area contributed by atoms with Crippen molar-refractivity contribution in [1.29, 1.82) is 0 Å². The first-order chi connectivity index (χ1) is 9.81. The van der Waals surface area contributed by atoms with Gasteiger partial charge in [0, 0.05) is 31.9 Å². The number of carbonyl (C=O) groups is 1. The molecule has 2 N–H and O–H groups in total. The minimum absolute atomic E-state index is 0.122. The normalized spacial score (nSPS) is 10.2. The molecule has 1 amide bonds. The molecule has 0 bridgehead atoms. The van der Waals surface area contributed by atoms with Crippen molar-refractivity contribution in [3.63, 3.8) is 0 Å². The Labute approximate surface area is 118 Å². The smallest absolute Gasteiger partial charge is 0.254 e. The summed E-state index contributed by atoms with van der Waals surface area (Å²) in [5.74, 6) is 0.740. The molecule has 106 valence electrons. The number of aromatic nitrogens is 1. The first-order valence-corrected chi connectivity index (χ1v) is 6.79. The van der Waals surface area contributed by atoms with Gasteiger partial charge in [0.2, 0.25) is 0 Å². The van der Waals surface area contributed by atoms with Crippen LogP contribution in [0.1, 0.15) is 29.5 Å². The summed E-state index contributed by atoms with van der Waals surface area (Å²) in [6.07, 6.45) is 6.57. The Kier molecular flexibility index (Phi) is 5.17. The van der Waals surface area contributed by atoms with Crippen LogP contribution in [-0.2, 0) is 6.42 Å². The Morgan fingerprint density at radius 2 is 2.25 bits per heavy atom. The molecular weight excluding hydrogens is 254 g/mol. The van der Waals surface area contributed by atoms with E-state index in [2.05, 4.69) is 22.5 Å². The second kappa shape index (κ2) is 7.33. The zero-order valence-electron chi connectivity index (χ0n) is 11.6. The van der Waals surface area contributed by atoms with E-state index in [4.69, 9.17) is 4.42 Å². The number of hydrogen-bond donors (Lipinski definition) is 2. The first kappa shape index (κ1) is 14.1. The summed E-state index contributed by atoms with van der Waals surface area (Å²) in [5.41, 5.74) is 1.39. The van der Waals surface area contributed by atoms with Crippen molar-refractivity contribution >= 4 is 11.6 Å². The van der Waals surface area contributed by atoms with Crippen LogP contribution in [0.15, 0.2) is 41.3 Å². The standard InChI is InChI=1S/C15H19N3O2/c1-2-7-17-14-6-8-16-11-13(14)15(19)18-9-5-12-4-3-10-20-12/h3-4,6,8,10-11H,2,5,7,9H2,1H3,(H,16,17)(H,18,19). The molecule has 0 aliphatic carbocycles. The molecule has 2 rings (SSSR count). The highest BCUT2D eigenvalue weighted by Crippen LogP contribution is 2.13. The fraction of sp³-hybridized carbons (Fsp3) is 0.333. The molecule has 0 aliphatic heterocycles. The quantitative estimate of drug-likeness (QED) is 0.813. The van der Waals surface area contributed by atoms with Gasteiger partial charge in [-0.25, -0.2) is 0 Å². The Morgan fingerprint density at radius 1 is 1.35 bits per heavy atom. The summed E-state index contributed by atoms with van der Waals surface area (Å²) in [7, 11) is 0. The van der Waals surface area contributed by atoms with Crippen LogP contribution in [0.25, 0.3) is 0 Å². The number of nitrogens with zero attached hydrogens (tertiary/aromatic N) is 1. The molecule has 0 saturated heterocycles. The zero-order chi connectivity index (χ0) is 14.2. The minimum atomic E-state index is -0.122. The average molecular weight is 273 g/mol. The van der Waals surface area contributed by atoms with Gasteiger partial charge < -0.3 is 15.1 Å². The van der Waals surface area contributed by atoms with E-state index in [0.717, 1.165) is 24.4 Å². The van der Waals surface area contributed by atoms with Gasteiger partial charge in [0.25, 0.3) is 5.91 Å². The summed E-state index contributed by atoms with van der Waals surface area (Å²) in [6, 6.07) is 5.55.